The van der Waals surface area contributed by atoms with Gasteiger partial charge < -0.3 is 10.4 Å². The highest BCUT2D eigenvalue weighted by Crippen LogP contribution is 2.31. The second-order valence-corrected chi connectivity index (χ2v) is 4.27. The standard InChI is InChI=1S/C12H17NO/c1-8(2)13-12-10-6-4-3-5-9(10)7-11(12)14/h3-6,8,11-14H,7H2,1-2H3/t11-,12-/m0/s1. The molecule has 2 atom stereocenters. The summed E-state index contributed by atoms with van der Waals surface area (Å²) in [5.74, 6) is 0. The molecule has 2 N–H and O–H groups in total. The molecule has 0 radical (unpaired) electrons. The molecular weight excluding hydrogens is 174 g/mol. The molecule has 0 aromatic heterocycles. The van der Waals surface area contributed by atoms with E-state index in [1.165, 1.54) is 11.1 Å². The lowest BCUT2D eigenvalue weighted by molar-refractivity contribution is 0.137. The van der Waals surface area contributed by atoms with Crippen LogP contribution in [0.1, 0.15) is 31.0 Å². The van der Waals surface area contributed by atoms with Crippen molar-refractivity contribution in [2.24, 2.45) is 0 Å². The highest BCUT2D eigenvalue weighted by molar-refractivity contribution is 5.36. The van der Waals surface area contributed by atoms with Crippen LogP contribution in [0.2, 0.25) is 0 Å². The van der Waals surface area contributed by atoms with Crippen molar-refractivity contribution in [3.63, 3.8) is 0 Å². The van der Waals surface area contributed by atoms with Gasteiger partial charge in [-0.15, -0.1) is 0 Å². The molecule has 14 heavy (non-hydrogen) atoms. The van der Waals surface area contributed by atoms with E-state index in [0.717, 1.165) is 6.42 Å². The summed E-state index contributed by atoms with van der Waals surface area (Å²) in [6.07, 6.45) is 0.510. The SMILES string of the molecule is CC(C)N[C@H]1c2ccccc2C[C@@H]1O. The monoisotopic (exact) mass is 191 g/mol. The predicted molar refractivity (Wildman–Crippen MR) is 57.2 cm³/mol. The van der Waals surface area contributed by atoms with Gasteiger partial charge >= 0.3 is 0 Å². The fourth-order valence-corrected chi connectivity index (χ4v) is 2.13. The molecule has 1 aliphatic rings. The lowest BCUT2D eigenvalue weighted by Gasteiger charge is -2.20. The molecule has 1 aromatic carbocycles. The van der Waals surface area contributed by atoms with Gasteiger partial charge in [0, 0.05) is 12.5 Å². The first-order valence-electron chi connectivity index (χ1n) is 5.20. The smallest absolute Gasteiger partial charge is 0.0775 e. The van der Waals surface area contributed by atoms with Crippen LogP contribution in [0.25, 0.3) is 0 Å². The molecule has 0 saturated carbocycles. The molecule has 2 rings (SSSR count). The van der Waals surface area contributed by atoms with Crippen molar-refractivity contribution in [2.75, 3.05) is 0 Å². The van der Waals surface area contributed by atoms with Gasteiger partial charge in [0.15, 0.2) is 0 Å². The van der Waals surface area contributed by atoms with Crippen molar-refractivity contribution in [1.29, 1.82) is 0 Å². The Hall–Kier alpha value is -0.860. The Morgan fingerprint density at radius 2 is 2.07 bits per heavy atom. The molecule has 2 nitrogen and oxygen atoms in total. The van der Waals surface area contributed by atoms with E-state index in [4.69, 9.17) is 0 Å². The minimum atomic E-state index is -0.269. The van der Waals surface area contributed by atoms with Crippen LogP contribution >= 0.6 is 0 Å². The predicted octanol–water partition coefficient (Wildman–Crippen LogP) is 1.64. The molecule has 0 amide bonds. The van der Waals surface area contributed by atoms with Gasteiger partial charge in [0.1, 0.15) is 0 Å². The Morgan fingerprint density at radius 3 is 2.79 bits per heavy atom. The molecule has 0 unspecified atom stereocenters. The second kappa shape index (κ2) is 3.71. The molecule has 1 aromatic rings. The summed E-state index contributed by atoms with van der Waals surface area (Å²) in [6.45, 7) is 4.21. The van der Waals surface area contributed by atoms with E-state index in [2.05, 4.69) is 31.3 Å². The van der Waals surface area contributed by atoms with Crippen molar-refractivity contribution < 1.29 is 5.11 Å². The number of hydrogen-bond acceptors (Lipinski definition) is 2. The zero-order chi connectivity index (χ0) is 10.1. The van der Waals surface area contributed by atoms with E-state index < -0.39 is 0 Å². The Labute approximate surface area is 85.0 Å². The maximum absolute atomic E-state index is 9.90. The zero-order valence-electron chi connectivity index (χ0n) is 8.70. The van der Waals surface area contributed by atoms with E-state index in [1.807, 2.05) is 12.1 Å². The molecule has 0 bridgehead atoms. The summed E-state index contributed by atoms with van der Waals surface area (Å²) < 4.78 is 0. The summed E-state index contributed by atoms with van der Waals surface area (Å²) in [5.41, 5.74) is 2.53. The molecule has 0 saturated heterocycles. The molecule has 0 fully saturated rings. The summed E-state index contributed by atoms with van der Waals surface area (Å²) >= 11 is 0. The molecular formula is C12H17NO. The van der Waals surface area contributed by atoms with Crippen molar-refractivity contribution in [3.8, 4) is 0 Å². The average Bonchev–Trinajstić information content (AvgIpc) is 2.43. The Morgan fingerprint density at radius 1 is 1.36 bits per heavy atom. The molecule has 2 heteroatoms. The maximum atomic E-state index is 9.90. The third-order valence-corrected chi connectivity index (χ3v) is 2.72. The number of fused-ring (bicyclic) bond motifs is 1. The van der Waals surface area contributed by atoms with Gasteiger partial charge in [-0.2, -0.15) is 0 Å². The topological polar surface area (TPSA) is 32.3 Å². The number of aliphatic hydroxyl groups excluding tert-OH is 1. The first-order chi connectivity index (χ1) is 6.68. The molecule has 0 heterocycles. The van der Waals surface area contributed by atoms with Gasteiger partial charge in [0.05, 0.1) is 12.1 Å². The van der Waals surface area contributed by atoms with Crippen LogP contribution in [-0.4, -0.2) is 17.3 Å². The van der Waals surface area contributed by atoms with Crippen molar-refractivity contribution in [3.05, 3.63) is 35.4 Å². The third kappa shape index (κ3) is 1.68. The molecule has 0 spiro atoms. The largest absolute Gasteiger partial charge is 0.391 e. The van der Waals surface area contributed by atoms with Gasteiger partial charge in [-0.3, -0.25) is 0 Å². The van der Waals surface area contributed by atoms with Crippen LogP contribution in [0.4, 0.5) is 0 Å². The van der Waals surface area contributed by atoms with Crippen LogP contribution < -0.4 is 5.32 Å². The molecule has 76 valence electrons. The van der Waals surface area contributed by atoms with Gasteiger partial charge in [-0.1, -0.05) is 38.1 Å². The molecule has 1 aliphatic carbocycles. The lowest BCUT2D eigenvalue weighted by atomic mass is 10.1. The number of benzene rings is 1. The van der Waals surface area contributed by atoms with Crippen molar-refractivity contribution in [2.45, 2.75) is 38.5 Å². The van der Waals surface area contributed by atoms with Gasteiger partial charge in [-0.25, -0.2) is 0 Å². The van der Waals surface area contributed by atoms with E-state index >= 15 is 0 Å². The lowest BCUT2D eigenvalue weighted by Crippen LogP contribution is -2.33. The van der Waals surface area contributed by atoms with E-state index in [1.54, 1.807) is 0 Å². The quantitative estimate of drug-likeness (QED) is 0.745. The minimum Gasteiger partial charge on any atom is -0.391 e. The van der Waals surface area contributed by atoms with Crippen LogP contribution in [-0.2, 0) is 6.42 Å². The summed E-state index contributed by atoms with van der Waals surface area (Å²) in [6, 6.07) is 8.79. The summed E-state index contributed by atoms with van der Waals surface area (Å²) in [5, 5.41) is 13.3. The highest BCUT2D eigenvalue weighted by Gasteiger charge is 2.30. The van der Waals surface area contributed by atoms with Crippen LogP contribution in [0.5, 0.6) is 0 Å². The van der Waals surface area contributed by atoms with Gasteiger partial charge in [0.25, 0.3) is 0 Å². The van der Waals surface area contributed by atoms with E-state index in [-0.39, 0.29) is 12.1 Å². The molecule has 0 aliphatic heterocycles. The summed E-state index contributed by atoms with van der Waals surface area (Å²) in [7, 11) is 0. The van der Waals surface area contributed by atoms with E-state index in [0.29, 0.717) is 6.04 Å². The summed E-state index contributed by atoms with van der Waals surface area (Å²) in [4.78, 5) is 0. The number of aliphatic hydroxyl groups is 1. The van der Waals surface area contributed by atoms with Gasteiger partial charge in [-0.05, 0) is 11.1 Å². The number of rotatable bonds is 2. The fourth-order valence-electron chi connectivity index (χ4n) is 2.13. The minimum absolute atomic E-state index is 0.117. The van der Waals surface area contributed by atoms with Crippen LogP contribution in [0.3, 0.4) is 0 Å². The van der Waals surface area contributed by atoms with Crippen molar-refractivity contribution in [1.82, 2.24) is 5.32 Å². The Balaban J connectivity index is 2.25. The van der Waals surface area contributed by atoms with E-state index in [9.17, 15) is 5.11 Å². The number of hydrogen-bond donors (Lipinski definition) is 2. The Bertz CT molecular complexity index is 322. The van der Waals surface area contributed by atoms with Crippen molar-refractivity contribution >= 4 is 0 Å². The first-order valence-corrected chi connectivity index (χ1v) is 5.20. The van der Waals surface area contributed by atoms with Crippen LogP contribution in [0, 0.1) is 0 Å². The number of nitrogens with one attached hydrogen (secondary N) is 1. The van der Waals surface area contributed by atoms with Gasteiger partial charge in [0.2, 0.25) is 0 Å². The Kier molecular flexibility index (Phi) is 2.57. The fraction of sp³-hybridized carbons (Fsp3) is 0.500. The average molecular weight is 191 g/mol. The normalized spacial score (nSPS) is 25.4. The highest BCUT2D eigenvalue weighted by atomic mass is 16.3. The second-order valence-electron chi connectivity index (χ2n) is 4.27. The van der Waals surface area contributed by atoms with Crippen LogP contribution in [0.15, 0.2) is 24.3 Å². The maximum Gasteiger partial charge on any atom is 0.0775 e. The third-order valence-electron chi connectivity index (χ3n) is 2.72. The first kappa shape index (κ1) is 9.69. The zero-order valence-corrected chi connectivity index (χ0v) is 8.70.